The van der Waals surface area contributed by atoms with Crippen LogP contribution in [0.2, 0.25) is 0 Å². The minimum Gasteiger partial charge on any atom is -0.439 e. The lowest BCUT2D eigenvalue weighted by molar-refractivity contribution is -0.155. The summed E-state index contributed by atoms with van der Waals surface area (Å²) in [5.74, 6) is -0.639. The molecule has 0 spiro atoms. The number of esters is 1. The first-order chi connectivity index (χ1) is 9.11. The van der Waals surface area contributed by atoms with E-state index < -0.39 is 11.6 Å². The van der Waals surface area contributed by atoms with E-state index in [2.05, 4.69) is 18.7 Å². The van der Waals surface area contributed by atoms with E-state index >= 15 is 0 Å². The van der Waals surface area contributed by atoms with Gasteiger partial charge in [0.1, 0.15) is 0 Å². The zero-order valence-electron chi connectivity index (χ0n) is 11.4. The van der Waals surface area contributed by atoms with Crippen LogP contribution in [0.1, 0.15) is 45.4 Å². The Morgan fingerprint density at radius 3 is 2.05 bits per heavy atom. The van der Waals surface area contributed by atoms with Crippen molar-refractivity contribution in [3.8, 4) is 0 Å². The summed E-state index contributed by atoms with van der Waals surface area (Å²) in [7, 11) is 0. The molecule has 2 aliphatic carbocycles. The molecule has 0 amide bonds. The molecule has 0 atom stereocenters. The predicted octanol–water partition coefficient (Wildman–Crippen LogP) is 3.26. The van der Waals surface area contributed by atoms with E-state index in [0.29, 0.717) is 0 Å². The minimum absolute atomic E-state index is 0.107. The minimum atomic E-state index is -1.15. The van der Waals surface area contributed by atoms with Gasteiger partial charge >= 0.3 is 5.97 Å². The maximum atomic E-state index is 12.3. The molecule has 19 heavy (non-hydrogen) atoms. The first kappa shape index (κ1) is 13.8. The lowest BCUT2D eigenvalue weighted by atomic mass is 9.81. The molecule has 0 heterocycles. The van der Waals surface area contributed by atoms with Crippen molar-refractivity contribution in [1.82, 2.24) is 0 Å². The molecule has 2 aliphatic rings. The van der Waals surface area contributed by atoms with Crippen molar-refractivity contribution < 1.29 is 14.3 Å². The molecule has 0 bridgehead atoms. The molecule has 0 aromatic rings. The van der Waals surface area contributed by atoms with Crippen molar-refractivity contribution in [3.63, 3.8) is 0 Å². The van der Waals surface area contributed by atoms with E-state index in [9.17, 15) is 9.59 Å². The predicted molar refractivity (Wildman–Crippen MR) is 73.6 cm³/mol. The molecule has 2 rings (SSSR count). The number of carbonyl (C=O) groups is 2. The van der Waals surface area contributed by atoms with Crippen LogP contribution in [-0.4, -0.2) is 17.4 Å². The SMILES string of the molecule is C=CC(=O)OC(C(C)=O)(C1=CCCC1)C1=CCCC1. The molecule has 0 fully saturated rings. The number of allylic oxidation sites excluding steroid dienone is 2. The van der Waals surface area contributed by atoms with Crippen LogP contribution in [0.4, 0.5) is 0 Å². The number of hydrogen-bond acceptors (Lipinski definition) is 3. The topological polar surface area (TPSA) is 43.4 Å². The molecular weight excluding hydrogens is 240 g/mol. The number of Topliss-reactive ketones (excluding diaryl/α,β-unsaturated/α-hetero) is 1. The molecule has 3 nitrogen and oxygen atoms in total. The van der Waals surface area contributed by atoms with Gasteiger partial charge in [0.05, 0.1) is 0 Å². The van der Waals surface area contributed by atoms with Crippen molar-refractivity contribution in [2.75, 3.05) is 0 Å². The molecule has 0 aromatic heterocycles. The van der Waals surface area contributed by atoms with Gasteiger partial charge in [0.25, 0.3) is 0 Å². The maximum absolute atomic E-state index is 12.3. The van der Waals surface area contributed by atoms with Crippen LogP contribution in [0.5, 0.6) is 0 Å². The summed E-state index contributed by atoms with van der Waals surface area (Å²) in [6.07, 6.45) is 10.8. The zero-order chi connectivity index (χ0) is 13.9. The molecule has 0 radical (unpaired) electrons. The second-order valence-electron chi connectivity index (χ2n) is 5.11. The molecule has 0 aliphatic heterocycles. The fourth-order valence-corrected chi connectivity index (χ4v) is 3.04. The van der Waals surface area contributed by atoms with Crippen LogP contribution in [0, 0.1) is 0 Å². The fraction of sp³-hybridized carbons (Fsp3) is 0.500. The Morgan fingerprint density at radius 2 is 1.74 bits per heavy atom. The third kappa shape index (κ3) is 2.42. The van der Waals surface area contributed by atoms with Gasteiger partial charge < -0.3 is 4.74 Å². The second kappa shape index (κ2) is 5.55. The first-order valence-electron chi connectivity index (χ1n) is 6.86. The van der Waals surface area contributed by atoms with Gasteiger partial charge in [-0.15, -0.1) is 0 Å². The van der Waals surface area contributed by atoms with Crippen molar-refractivity contribution >= 4 is 11.8 Å². The molecule has 102 valence electrons. The quantitative estimate of drug-likeness (QED) is 0.433. The molecule has 0 aromatic carbocycles. The van der Waals surface area contributed by atoms with Gasteiger partial charge in [0.15, 0.2) is 5.78 Å². The van der Waals surface area contributed by atoms with E-state index in [1.165, 1.54) is 6.92 Å². The Labute approximate surface area is 114 Å². The Balaban J connectivity index is 2.46. The highest BCUT2D eigenvalue weighted by Gasteiger charge is 2.47. The number of rotatable bonds is 5. The summed E-state index contributed by atoms with van der Waals surface area (Å²) in [5, 5.41) is 0. The summed E-state index contributed by atoms with van der Waals surface area (Å²) >= 11 is 0. The summed E-state index contributed by atoms with van der Waals surface area (Å²) in [5.41, 5.74) is 0.741. The van der Waals surface area contributed by atoms with Gasteiger partial charge in [-0.3, -0.25) is 4.79 Å². The van der Waals surface area contributed by atoms with Gasteiger partial charge in [-0.25, -0.2) is 4.79 Å². The second-order valence-corrected chi connectivity index (χ2v) is 5.11. The highest BCUT2D eigenvalue weighted by molar-refractivity contribution is 5.96. The number of ketones is 1. The van der Waals surface area contributed by atoms with E-state index in [4.69, 9.17) is 4.74 Å². The monoisotopic (exact) mass is 260 g/mol. The summed E-state index contributed by atoms with van der Waals surface area (Å²) in [6, 6.07) is 0. The van der Waals surface area contributed by atoms with Crippen LogP contribution >= 0.6 is 0 Å². The average molecular weight is 260 g/mol. The molecule has 0 saturated carbocycles. The van der Waals surface area contributed by atoms with Crippen LogP contribution < -0.4 is 0 Å². The first-order valence-corrected chi connectivity index (χ1v) is 6.86. The van der Waals surface area contributed by atoms with Gasteiger partial charge in [0, 0.05) is 6.08 Å². The zero-order valence-corrected chi connectivity index (χ0v) is 11.4. The van der Waals surface area contributed by atoms with E-state index in [-0.39, 0.29) is 5.78 Å². The number of hydrogen-bond donors (Lipinski definition) is 0. The van der Waals surface area contributed by atoms with Crippen molar-refractivity contribution in [3.05, 3.63) is 36.0 Å². The van der Waals surface area contributed by atoms with E-state index in [0.717, 1.165) is 55.7 Å². The summed E-state index contributed by atoms with van der Waals surface area (Å²) in [6.45, 7) is 4.94. The average Bonchev–Trinajstić information content (AvgIpc) is 3.07. The summed E-state index contributed by atoms with van der Waals surface area (Å²) < 4.78 is 5.57. The third-order valence-electron chi connectivity index (χ3n) is 3.90. The Kier molecular flexibility index (Phi) is 4.03. The highest BCUT2D eigenvalue weighted by Crippen LogP contribution is 2.42. The Hall–Kier alpha value is -1.64. The van der Waals surface area contributed by atoms with Crippen molar-refractivity contribution in [2.24, 2.45) is 0 Å². The van der Waals surface area contributed by atoms with Gasteiger partial charge in [-0.05, 0) is 56.6 Å². The number of carbonyl (C=O) groups excluding carboxylic acids is 2. The Bertz CT molecular complexity index is 444. The van der Waals surface area contributed by atoms with Crippen LogP contribution in [0.25, 0.3) is 0 Å². The largest absolute Gasteiger partial charge is 0.439 e. The normalized spacial score (nSPS) is 18.8. The molecule has 0 N–H and O–H groups in total. The molecule has 0 unspecified atom stereocenters. The lowest BCUT2D eigenvalue weighted by Crippen LogP contribution is -2.45. The van der Waals surface area contributed by atoms with Crippen molar-refractivity contribution in [1.29, 1.82) is 0 Å². The van der Waals surface area contributed by atoms with Crippen LogP contribution in [-0.2, 0) is 14.3 Å². The molecular formula is C16H20O3. The van der Waals surface area contributed by atoms with Gasteiger partial charge in [-0.2, -0.15) is 0 Å². The van der Waals surface area contributed by atoms with Crippen molar-refractivity contribution in [2.45, 2.75) is 51.0 Å². The van der Waals surface area contributed by atoms with Gasteiger partial charge in [-0.1, -0.05) is 18.7 Å². The van der Waals surface area contributed by atoms with Crippen LogP contribution in [0.3, 0.4) is 0 Å². The van der Waals surface area contributed by atoms with Gasteiger partial charge in [0.2, 0.25) is 5.60 Å². The molecule has 3 heteroatoms. The highest BCUT2D eigenvalue weighted by atomic mass is 16.6. The Morgan fingerprint density at radius 1 is 1.21 bits per heavy atom. The third-order valence-corrected chi connectivity index (χ3v) is 3.90. The van der Waals surface area contributed by atoms with E-state index in [1.54, 1.807) is 0 Å². The molecule has 0 saturated heterocycles. The fourth-order valence-electron chi connectivity index (χ4n) is 3.04. The van der Waals surface area contributed by atoms with E-state index in [1.807, 2.05) is 0 Å². The smallest absolute Gasteiger partial charge is 0.331 e. The standard InChI is InChI=1S/C16H20O3/c1-3-15(18)19-16(12(2)17,13-8-4-5-9-13)14-10-6-7-11-14/h3,8,10H,1,4-7,9,11H2,2H3. The van der Waals surface area contributed by atoms with Crippen LogP contribution in [0.15, 0.2) is 36.0 Å². The summed E-state index contributed by atoms with van der Waals surface area (Å²) in [4.78, 5) is 24.0. The maximum Gasteiger partial charge on any atom is 0.331 e. The number of ether oxygens (including phenoxy) is 1. The lowest BCUT2D eigenvalue weighted by Gasteiger charge is -2.33.